The third-order valence-electron chi connectivity index (χ3n) is 3.22. The van der Waals surface area contributed by atoms with Gasteiger partial charge in [0.25, 0.3) is 0 Å². The van der Waals surface area contributed by atoms with Crippen molar-refractivity contribution in [2.45, 2.75) is 19.4 Å². The third kappa shape index (κ3) is 2.00. The largest absolute Gasteiger partial charge is 0.330 e. The van der Waals surface area contributed by atoms with E-state index in [4.69, 9.17) is 5.73 Å². The van der Waals surface area contributed by atoms with Crippen molar-refractivity contribution in [3.05, 3.63) is 22.4 Å². The average molecular weight is 210 g/mol. The Morgan fingerprint density at radius 1 is 1.71 bits per heavy atom. The van der Waals surface area contributed by atoms with Gasteiger partial charge in [0.05, 0.1) is 0 Å². The van der Waals surface area contributed by atoms with E-state index < -0.39 is 0 Å². The van der Waals surface area contributed by atoms with Crippen LogP contribution >= 0.6 is 11.3 Å². The first-order valence-corrected chi connectivity index (χ1v) is 6.21. The van der Waals surface area contributed by atoms with E-state index in [1.54, 1.807) is 11.3 Å². The first-order chi connectivity index (χ1) is 6.81. The lowest BCUT2D eigenvalue weighted by Gasteiger charge is -2.23. The summed E-state index contributed by atoms with van der Waals surface area (Å²) >= 11 is 1.78. The van der Waals surface area contributed by atoms with Crippen LogP contribution in [0.3, 0.4) is 0 Å². The maximum atomic E-state index is 5.69. The summed E-state index contributed by atoms with van der Waals surface area (Å²) in [6.45, 7) is 5.51. The Morgan fingerprint density at radius 3 is 3.14 bits per heavy atom. The average Bonchev–Trinajstić information content (AvgIpc) is 2.88. The summed E-state index contributed by atoms with van der Waals surface area (Å²) in [4.78, 5) is 2.54. The Balaban J connectivity index is 1.97. The van der Waals surface area contributed by atoms with Crippen LogP contribution in [0.15, 0.2) is 16.8 Å². The molecule has 0 aliphatic carbocycles. The predicted octanol–water partition coefficient (Wildman–Crippen LogP) is 2.09. The maximum Gasteiger partial charge on any atom is 0.0328 e. The molecule has 2 atom stereocenters. The molecule has 2 heterocycles. The second-order valence-electron chi connectivity index (χ2n) is 4.12. The van der Waals surface area contributed by atoms with Gasteiger partial charge in [-0.1, -0.05) is 0 Å². The molecule has 2 unspecified atom stereocenters. The van der Waals surface area contributed by atoms with Crippen LogP contribution in [0, 0.1) is 5.92 Å². The molecule has 0 spiro atoms. The summed E-state index contributed by atoms with van der Waals surface area (Å²) < 4.78 is 0. The van der Waals surface area contributed by atoms with Gasteiger partial charge in [-0.2, -0.15) is 11.3 Å². The Bertz CT molecular complexity index is 271. The lowest BCUT2D eigenvalue weighted by Crippen LogP contribution is -2.25. The van der Waals surface area contributed by atoms with Crippen LogP contribution in [-0.2, 0) is 0 Å². The Morgan fingerprint density at radius 2 is 2.57 bits per heavy atom. The van der Waals surface area contributed by atoms with Gasteiger partial charge in [-0.05, 0) is 54.7 Å². The van der Waals surface area contributed by atoms with Gasteiger partial charge in [0.2, 0.25) is 0 Å². The quantitative estimate of drug-likeness (QED) is 0.827. The van der Waals surface area contributed by atoms with Gasteiger partial charge in [0, 0.05) is 12.6 Å². The lowest BCUT2D eigenvalue weighted by atomic mass is 10.1. The molecule has 2 nitrogen and oxygen atoms in total. The summed E-state index contributed by atoms with van der Waals surface area (Å²) in [7, 11) is 0. The van der Waals surface area contributed by atoms with Crippen LogP contribution in [0.5, 0.6) is 0 Å². The molecular weight excluding hydrogens is 192 g/mol. The van der Waals surface area contributed by atoms with Gasteiger partial charge in [0.1, 0.15) is 0 Å². The second kappa shape index (κ2) is 4.43. The Kier molecular flexibility index (Phi) is 3.21. The molecule has 3 heteroatoms. The van der Waals surface area contributed by atoms with Gasteiger partial charge in [-0.25, -0.2) is 0 Å². The van der Waals surface area contributed by atoms with Crippen molar-refractivity contribution in [1.82, 2.24) is 4.90 Å². The summed E-state index contributed by atoms with van der Waals surface area (Å²) in [5.41, 5.74) is 7.14. The van der Waals surface area contributed by atoms with Crippen LogP contribution in [-0.4, -0.2) is 24.5 Å². The molecule has 2 rings (SSSR count). The second-order valence-corrected chi connectivity index (χ2v) is 4.90. The first-order valence-electron chi connectivity index (χ1n) is 5.27. The summed E-state index contributed by atoms with van der Waals surface area (Å²) in [6, 6.07) is 2.79. The molecule has 1 aromatic heterocycles. The monoisotopic (exact) mass is 210 g/mol. The van der Waals surface area contributed by atoms with Crippen molar-refractivity contribution in [3.63, 3.8) is 0 Å². The van der Waals surface area contributed by atoms with E-state index in [2.05, 4.69) is 28.7 Å². The van der Waals surface area contributed by atoms with E-state index >= 15 is 0 Å². The SMILES string of the molecule is CC(c1ccsc1)N1CCC(CN)C1. The van der Waals surface area contributed by atoms with E-state index in [9.17, 15) is 0 Å². The molecule has 2 N–H and O–H groups in total. The summed E-state index contributed by atoms with van der Waals surface area (Å²) in [6.07, 6.45) is 1.27. The van der Waals surface area contributed by atoms with Crippen molar-refractivity contribution < 1.29 is 0 Å². The predicted molar refractivity (Wildman–Crippen MR) is 61.5 cm³/mol. The van der Waals surface area contributed by atoms with Gasteiger partial charge in [-0.3, -0.25) is 4.90 Å². The fourth-order valence-electron chi connectivity index (χ4n) is 2.13. The molecule has 0 bridgehead atoms. The Hall–Kier alpha value is -0.380. The highest BCUT2D eigenvalue weighted by molar-refractivity contribution is 7.07. The summed E-state index contributed by atoms with van der Waals surface area (Å²) in [5.74, 6) is 0.719. The molecule has 0 aromatic carbocycles. The molecule has 1 aliphatic rings. The minimum atomic E-state index is 0.567. The number of likely N-dealkylation sites (tertiary alicyclic amines) is 1. The lowest BCUT2D eigenvalue weighted by molar-refractivity contribution is 0.254. The molecule has 0 radical (unpaired) electrons. The van der Waals surface area contributed by atoms with Crippen LogP contribution in [0.1, 0.15) is 24.9 Å². The van der Waals surface area contributed by atoms with E-state index in [1.807, 2.05) is 0 Å². The minimum absolute atomic E-state index is 0.567. The molecule has 1 fully saturated rings. The van der Waals surface area contributed by atoms with Gasteiger partial charge in [0.15, 0.2) is 0 Å². The number of hydrogen-bond donors (Lipinski definition) is 1. The van der Waals surface area contributed by atoms with Crippen molar-refractivity contribution >= 4 is 11.3 Å². The van der Waals surface area contributed by atoms with Crippen molar-refractivity contribution in [3.8, 4) is 0 Å². The van der Waals surface area contributed by atoms with Gasteiger partial charge < -0.3 is 5.73 Å². The zero-order valence-corrected chi connectivity index (χ0v) is 9.46. The fourth-order valence-corrected chi connectivity index (χ4v) is 2.88. The van der Waals surface area contributed by atoms with Crippen LogP contribution < -0.4 is 5.73 Å². The number of nitrogens with zero attached hydrogens (tertiary/aromatic N) is 1. The highest BCUT2D eigenvalue weighted by Crippen LogP contribution is 2.27. The third-order valence-corrected chi connectivity index (χ3v) is 3.93. The van der Waals surface area contributed by atoms with E-state index in [0.29, 0.717) is 6.04 Å². The normalized spacial score (nSPS) is 25.4. The van der Waals surface area contributed by atoms with Gasteiger partial charge in [-0.15, -0.1) is 0 Å². The van der Waals surface area contributed by atoms with Crippen LogP contribution in [0.4, 0.5) is 0 Å². The topological polar surface area (TPSA) is 29.3 Å². The molecule has 14 heavy (non-hydrogen) atoms. The number of nitrogens with two attached hydrogens (primary N) is 1. The molecule has 1 aliphatic heterocycles. The first kappa shape index (κ1) is 10.1. The van der Waals surface area contributed by atoms with Crippen molar-refractivity contribution in [1.29, 1.82) is 0 Å². The molecule has 1 saturated heterocycles. The molecule has 0 saturated carbocycles. The number of thiophene rings is 1. The van der Waals surface area contributed by atoms with E-state index in [1.165, 1.54) is 25.1 Å². The molecular formula is C11H18N2S. The molecule has 0 amide bonds. The van der Waals surface area contributed by atoms with Crippen LogP contribution in [0.25, 0.3) is 0 Å². The summed E-state index contributed by atoms with van der Waals surface area (Å²) in [5, 5.41) is 4.41. The highest BCUT2D eigenvalue weighted by Gasteiger charge is 2.25. The fraction of sp³-hybridized carbons (Fsp3) is 0.636. The smallest absolute Gasteiger partial charge is 0.0328 e. The molecule has 78 valence electrons. The number of hydrogen-bond acceptors (Lipinski definition) is 3. The zero-order valence-electron chi connectivity index (χ0n) is 8.65. The van der Waals surface area contributed by atoms with Crippen molar-refractivity contribution in [2.75, 3.05) is 19.6 Å². The maximum absolute atomic E-state index is 5.69. The number of rotatable bonds is 3. The van der Waals surface area contributed by atoms with E-state index in [0.717, 1.165) is 12.5 Å². The highest BCUT2D eigenvalue weighted by atomic mass is 32.1. The Labute approximate surface area is 89.7 Å². The van der Waals surface area contributed by atoms with Crippen molar-refractivity contribution in [2.24, 2.45) is 11.7 Å². The van der Waals surface area contributed by atoms with Crippen LogP contribution in [0.2, 0.25) is 0 Å². The van der Waals surface area contributed by atoms with Gasteiger partial charge >= 0.3 is 0 Å². The van der Waals surface area contributed by atoms with E-state index in [-0.39, 0.29) is 0 Å². The standard InChI is InChI=1S/C11H18N2S/c1-9(11-3-5-14-8-11)13-4-2-10(6-12)7-13/h3,5,8-10H,2,4,6-7,12H2,1H3. The minimum Gasteiger partial charge on any atom is -0.330 e. The zero-order chi connectivity index (χ0) is 9.97. The molecule has 1 aromatic rings.